The van der Waals surface area contributed by atoms with E-state index in [-0.39, 0.29) is 0 Å². The molecule has 0 bridgehead atoms. The minimum Gasteiger partial charge on any atom is -0.299 e. The van der Waals surface area contributed by atoms with Crippen molar-refractivity contribution in [1.29, 1.82) is 0 Å². The van der Waals surface area contributed by atoms with Crippen molar-refractivity contribution in [1.82, 2.24) is 4.90 Å². The second-order valence-electron chi connectivity index (χ2n) is 6.00. The fourth-order valence-electron chi connectivity index (χ4n) is 3.88. The lowest BCUT2D eigenvalue weighted by Gasteiger charge is -2.46. The molecule has 3 rings (SSSR count). The number of carbonyl (C=O) groups excluding carboxylic acids is 1. The Balaban J connectivity index is 1.81. The zero-order valence-corrected chi connectivity index (χ0v) is 11.7. The summed E-state index contributed by atoms with van der Waals surface area (Å²) in [5, 5.41) is 0. The highest BCUT2D eigenvalue weighted by Gasteiger charge is 2.40. The summed E-state index contributed by atoms with van der Waals surface area (Å²) in [6, 6.07) is 11.6. The van der Waals surface area contributed by atoms with Gasteiger partial charge in [0.1, 0.15) is 5.78 Å². The molecule has 19 heavy (non-hydrogen) atoms. The second kappa shape index (κ2) is 5.46. The van der Waals surface area contributed by atoms with E-state index in [0.29, 0.717) is 23.8 Å². The Morgan fingerprint density at radius 3 is 2.68 bits per heavy atom. The zero-order chi connectivity index (χ0) is 13.2. The van der Waals surface area contributed by atoms with Gasteiger partial charge in [0.05, 0.1) is 0 Å². The van der Waals surface area contributed by atoms with Crippen LogP contribution in [0.4, 0.5) is 0 Å². The van der Waals surface area contributed by atoms with Crippen molar-refractivity contribution in [3.05, 3.63) is 35.9 Å². The summed E-state index contributed by atoms with van der Waals surface area (Å²) in [7, 11) is 0. The van der Waals surface area contributed by atoms with E-state index >= 15 is 0 Å². The first-order valence-electron chi connectivity index (χ1n) is 7.61. The molecule has 1 aromatic rings. The van der Waals surface area contributed by atoms with Crippen LogP contribution in [0.2, 0.25) is 0 Å². The number of piperidine rings is 1. The molecule has 0 N–H and O–H groups in total. The average Bonchev–Trinajstić information content (AvgIpc) is 2.48. The third-order valence-corrected chi connectivity index (χ3v) is 4.96. The van der Waals surface area contributed by atoms with Crippen LogP contribution in [0.1, 0.15) is 50.6 Å². The van der Waals surface area contributed by atoms with E-state index < -0.39 is 0 Å². The summed E-state index contributed by atoms with van der Waals surface area (Å²) in [6.07, 6.45) is 5.58. The number of likely N-dealkylation sites (tertiary alicyclic amines) is 1. The Morgan fingerprint density at radius 1 is 1.16 bits per heavy atom. The van der Waals surface area contributed by atoms with E-state index in [4.69, 9.17) is 0 Å². The number of fused-ring (bicyclic) bond motifs is 1. The Morgan fingerprint density at radius 2 is 1.89 bits per heavy atom. The van der Waals surface area contributed by atoms with Crippen LogP contribution in [0.5, 0.6) is 0 Å². The second-order valence-corrected chi connectivity index (χ2v) is 6.00. The van der Waals surface area contributed by atoms with Crippen molar-refractivity contribution in [3.63, 3.8) is 0 Å². The molecule has 3 unspecified atom stereocenters. The van der Waals surface area contributed by atoms with Gasteiger partial charge in [0.25, 0.3) is 0 Å². The molecular formula is C17H23NO. The molecular weight excluding hydrogens is 234 g/mol. The maximum absolute atomic E-state index is 12.1. The van der Waals surface area contributed by atoms with Crippen molar-refractivity contribution in [2.24, 2.45) is 5.92 Å². The lowest BCUT2D eigenvalue weighted by Crippen LogP contribution is -2.51. The molecule has 1 aliphatic carbocycles. The molecule has 1 saturated heterocycles. The van der Waals surface area contributed by atoms with E-state index in [2.05, 4.69) is 42.2 Å². The van der Waals surface area contributed by atoms with Crippen LogP contribution < -0.4 is 0 Å². The van der Waals surface area contributed by atoms with E-state index in [9.17, 15) is 4.79 Å². The number of hydrogen-bond acceptors (Lipinski definition) is 2. The SMILES string of the molecule is CC(c1ccccc1)N1CCC(=O)C2CCCCC21. The van der Waals surface area contributed by atoms with Crippen LogP contribution in [0.25, 0.3) is 0 Å². The molecule has 1 aliphatic heterocycles. The number of carbonyl (C=O) groups is 1. The van der Waals surface area contributed by atoms with E-state index in [1.165, 1.54) is 24.8 Å². The summed E-state index contributed by atoms with van der Waals surface area (Å²) in [4.78, 5) is 14.7. The van der Waals surface area contributed by atoms with Crippen LogP contribution in [0.15, 0.2) is 30.3 Å². The van der Waals surface area contributed by atoms with Gasteiger partial charge in [0, 0.05) is 31.0 Å². The number of nitrogens with zero attached hydrogens (tertiary/aromatic N) is 1. The van der Waals surface area contributed by atoms with Crippen LogP contribution in [-0.4, -0.2) is 23.3 Å². The lowest BCUT2D eigenvalue weighted by molar-refractivity contribution is -0.131. The predicted octanol–water partition coefficient (Wildman–Crippen LogP) is 3.58. The van der Waals surface area contributed by atoms with Gasteiger partial charge in [-0.15, -0.1) is 0 Å². The highest BCUT2D eigenvalue weighted by Crippen LogP contribution is 2.37. The summed E-state index contributed by atoms with van der Waals surface area (Å²) in [6.45, 7) is 3.23. The first-order chi connectivity index (χ1) is 9.27. The fraction of sp³-hybridized carbons (Fsp3) is 0.588. The molecule has 3 atom stereocenters. The maximum Gasteiger partial charge on any atom is 0.138 e. The highest BCUT2D eigenvalue weighted by atomic mass is 16.1. The van der Waals surface area contributed by atoms with Gasteiger partial charge in [-0.05, 0) is 25.3 Å². The number of Topliss-reactive ketones (excluding diaryl/α,β-unsaturated/α-hetero) is 1. The van der Waals surface area contributed by atoms with Gasteiger partial charge < -0.3 is 0 Å². The van der Waals surface area contributed by atoms with E-state index in [1.54, 1.807) is 0 Å². The molecule has 2 aliphatic rings. The maximum atomic E-state index is 12.1. The van der Waals surface area contributed by atoms with Gasteiger partial charge in [-0.1, -0.05) is 43.2 Å². The Kier molecular flexibility index (Phi) is 3.69. The lowest BCUT2D eigenvalue weighted by atomic mass is 9.76. The summed E-state index contributed by atoms with van der Waals surface area (Å²) >= 11 is 0. The van der Waals surface area contributed by atoms with Gasteiger partial charge in [-0.3, -0.25) is 9.69 Å². The minimum atomic E-state index is 0.314. The van der Waals surface area contributed by atoms with Gasteiger partial charge in [0.15, 0.2) is 0 Å². The Hall–Kier alpha value is -1.15. The smallest absolute Gasteiger partial charge is 0.138 e. The third-order valence-electron chi connectivity index (χ3n) is 4.96. The van der Waals surface area contributed by atoms with Crippen LogP contribution in [0.3, 0.4) is 0 Å². The molecule has 0 radical (unpaired) electrons. The van der Waals surface area contributed by atoms with Gasteiger partial charge >= 0.3 is 0 Å². The molecule has 1 heterocycles. The fourth-order valence-corrected chi connectivity index (χ4v) is 3.88. The molecule has 2 heteroatoms. The first-order valence-corrected chi connectivity index (χ1v) is 7.61. The van der Waals surface area contributed by atoms with Crippen molar-refractivity contribution in [2.75, 3.05) is 6.54 Å². The van der Waals surface area contributed by atoms with Crippen LogP contribution in [-0.2, 0) is 4.79 Å². The van der Waals surface area contributed by atoms with Crippen molar-refractivity contribution in [3.8, 4) is 0 Å². The van der Waals surface area contributed by atoms with Gasteiger partial charge in [-0.25, -0.2) is 0 Å². The van der Waals surface area contributed by atoms with Crippen LogP contribution >= 0.6 is 0 Å². The predicted molar refractivity (Wildman–Crippen MR) is 76.9 cm³/mol. The molecule has 0 aromatic heterocycles. The Labute approximate surface area is 115 Å². The largest absolute Gasteiger partial charge is 0.299 e. The monoisotopic (exact) mass is 257 g/mol. The van der Waals surface area contributed by atoms with Gasteiger partial charge in [-0.2, -0.15) is 0 Å². The quantitative estimate of drug-likeness (QED) is 0.807. The first kappa shape index (κ1) is 12.9. The van der Waals surface area contributed by atoms with Gasteiger partial charge in [0.2, 0.25) is 0 Å². The Bertz CT molecular complexity index is 442. The molecule has 2 fully saturated rings. The third kappa shape index (κ3) is 2.46. The average molecular weight is 257 g/mol. The number of ketones is 1. The molecule has 1 aromatic carbocycles. The standard InChI is InChI=1S/C17H23NO/c1-13(14-7-3-2-4-8-14)18-12-11-17(19)15-9-5-6-10-16(15)18/h2-4,7-8,13,15-16H,5-6,9-12H2,1H3. The van der Waals surface area contributed by atoms with Crippen molar-refractivity contribution >= 4 is 5.78 Å². The molecule has 1 saturated carbocycles. The highest BCUT2D eigenvalue weighted by molar-refractivity contribution is 5.82. The summed E-state index contributed by atoms with van der Waals surface area (Å²) in [5.41, 5.74) is 1.38. The van der Waals surface area contributed by atoms with Crippen molar-refractivity contribution in [2.45, 2.75) is 51.1 Å². The molecule has 2 nitrogen and oxygen atoms in total. The molecule has 102 valence electrons. The van der Waals surface area contributed by atoms with Crippen LogP contribution in [0, 0.1) is 5.92 Å². The summed E-state index contributed by atoms with van der Waals surface area (Å²) < 4.78 is 0. The number of benzene rings is 1. The number of hydrogen-bond donors (Lipinski definition) is 0. The molecule has 0 spiro atoms. The number of rotatable bonds is 2. The molecule has 0 amide bonds. The normalized spacial score (nSPS) is 29.8. The van der Waals surface area contributed by atoms with E-state index in [1.807, 2.05) is 0 Å². The van der Waals surface area contributed by atoms with Crippen molar-refractivity contribution < 1.29 is 4.79 Å². The summed E-state index contributed by atoms with van der Waals surface area (Å²) in [5.74, 6) is 0.829. The van der Waals surface area contributed by atoms with E-state index in [0.717, 1.165) is 19.4 Å². The zero-order valence-electron chi connectivity index (χ0n) is 11.7. The topological polar surface area (TPSA) is 20.3 Å². The minimum absolute atomic E-state index is 0.314.